The summed E-state index contributed by atoms with van der Waals surface area (Å²) in [4.78, 5) is 0. The van der Waals surface area contributed by atoms with E-state index in [2.05, 4.69) is 0 Å². The average Bonchev–Trinajstić information content (AvgIpc) is 2.37. The number of aryl methyl sites for hydroxylation is 1. The van der Waals surface area contributed by atoms with Crippen molar-refractivity contribution in [3.63, 3.8) is 0 Å². The first kappa shape index (κ1) is 8.08. The smallest absolute Gasteiger partial charge is 0.126 e. The molecular formula is C9H12O2. The summed E-state index contributed by atoms with van der Waals surface area (Å²) in [6.07, 6.45) is 4.43. The van der Waals surface area contributed by atoms with Crippen LogP contribution in [0.3, 0.4) is 0 Å². The van der Waals surface area contributed by atoms with Crippen molar-refractivity contribution in [2.45, 2.75) is 13.3 Å². The first-order valence-electron chi connectivity index (χ1n) is 3.67. The van der Waals surface area contributed by atoms with E-state index in [1.54, 1.807) is 0 Å². The highest BCUT2D eigenvalue weighted by Gasteiger charge is 1.90. The standard InChI is InChI=1S/C9H12O2/c1-8-5-6-9(11-8)4-2-3-7-10/h2,4-6,10H,3,7H2,1H3/b4-2-. The van der Waals surface area contributed by atoms with Gasteiger partial charge in [0.1, 0.15) is 11.5 Å². The molecule has 0 aromatic carbocycles. The van der Waals surface area contributed by atoms with Gasteiger partial charge in [0.05, 0.1) is 0 Å². The molecule has 60 valence electrons. The zero-order chi connectivity index (χ0) is 8.10. The molecule has 0 aliphatic carbocycles. The van der Waals surface area contributed by atoms with Crippen molar-refractivity contribution in [1.82, 2.24) is 0 Å². The van der Waals surface area contributed by atoms with Crippen LogP contribution in [0.15, 0.2) is 22.6 Å². The number of hydrogen-bond acceptors (Lipinski definition) is 2. The van der Waals surface area contributed by atoms with Crippen molar-refractivity contribution in [2.24, 2.45) is 0 Å². The van der Waals surface area contributed by atoms with Crippen LogP contribution in [0.2, 0.25) is 0 Å². The van der Waals surface area contributed by atoms with Crippen LogP contribution in [0.1, 0.15) is 17.9 Å². The summed E-state index contributed by atoms with van der Waals surface area (Å²) in [5.41, 5.74) is 0. The topological polar surface area (TPSA) is 33.4 Å². The molecule has 2 nitrogen and oxygen atoms in total. The Morgan fingerprint density at radius 1 is 1.55 bits per heavy atom. The van der Waals surface area contributed by atoms with E-state index in [9.17, 15) is 0 Å². The Morgan fingerprint density at radius 2 is 2.36 bits per heavy atom. The Hall–Kier alpha value is -1.02. The normalized spacial score (nSPS) is 11.1. The summed E-state index contributed by atoms with van der Waals surface area (Å²) < 4.78 is 5.26. The monoisotopic (exact) mass is 152 g/mol. The second-order valence-corrected chi connectivity index (χ2v) is 2.36. The van der Waals surface area contributed by atoms with Gasteiger partial charge in [-0.3, -0.25) is 0 Å². The lowest BCUT2D eigenvalue weighted by molar-refractivity contribution is 0.303. The van der Waals surface area contributed by atoms with Crippen molar-refractivity contribution >= 4 is 6.08 Å². The fourth-order valence-corrected chi connectivity index (χ4v) is 0.817. The van der Waals surface area contributed by atoms with Gasteiger partial charge in [0.25, 0.3) is 0 Å². The van der Waals surface area contributed by atoms with E-state index < -0.39 is 0 Å². The van der Waals surface area contributed by atoms with Crippen LogP contribution in [0.4, 0.5) is 0 Å². The molecule has 1 aromatic heterocycles. The number of hydrogen-bond donors (Lipinski definition) is 1. The SMILES string of the molecule is Cc1ccc(/C=C\CCO)o1. The zero-order valence-electron chi connectivity index (χ0n) is 6.58. The van der Waals surface area contributed by atoms with Crippen LogP contribution < -0.4 is 0 Å². The molecule has 1 N–H and O–H groups in total. The van der Waals surface area contributed by atoms with E-state index in [0.29, 0.717) is 6.42 Å². The van der Waals surface area contributed by atoms with E-state index >= 15 is 0 Å². The first-order chi connectivity index (χ1) is 5.33. The van der Waals surface area contributed by atoms with Gasteiger partial charge in [-0.1, -0.05) is 6.08 Å². The molecule has 0 saturated heterocycles. The lowest BCUT2D eigenvalue weighted by Gasteiger charge is -1.84. The minimum Gasteiger partial charge on any atom is -0.462 e. The molecule has 1 rings (SSSR count). The van der Waals surface area contributed by atoms with Crippen LogP contribution in [0.5, 0.6) is 0 Å². The third-order valence-electron chi connectivity index (χ3n) is 1.34. The number of aliphatic hydroxyl groups excluding tert-OH is 1. The quantitative estimate of drug-likeness (QED) is 0.718. The van der Waals surface area contributed by atoms with Crippen LogP contribution in [-0.2, 0) is 0 Å². The van der Waals surface area contributed by atoms with Crippen LogP contribution in [0, 0.1) is 6.92 Å². The van der Waals surface area contributed by atoms with Crippen LogP contribution in [-0.4, -0.2) is 11.7 Å². The van der Waals surface area contributed by atoms with Crippen LogP contribution in [0.25, 0.3) is 6.08 Å². The van der Waals surface area contributed by atoms with Gasteiger partial charge >= 0.3 is 0 Å². The molecule has 0 unspecified atom stereocenters. The molecule has 0 radical (unpaired) electrons. The Balaban J connectivity index is 2.50. The predicted octanol–water partition coefficient (Wildman–Crippen LogP) is 1.98. The fourth-order valence-electron chi connectivity index (χ4n) is 0.817. The van der Waals surface area contributed by atoms with Gasteiger partial charge in [0.15, 0.2) is 0 Å². The molecule has 0 atom stereocenters. The summed E-state index contributed by atoms with van der Waals surface area (Å²) in [5, 5.41) is 8.47. The van der Waals surface area contributed by atoms with Gasteiger partial charge in [0.2, 0.25) is 0 Å². The predicted molar refractivity (Wildman–Crippen MR) is 44.2 cm³/mol. The van der Waals surface area contributed by atoms with Crippen molar-refractivity contribution in [1.29, 1.82) is 0 Å². The third-order valence-corrected chi connectivity index (χ3v) is 1.34. The molecule has 0 saturated carbocycles. The highest BCUT2D eigenvalue weighted by atomic mass is 16.3. The Kier molecular flexibility index (Phi) is 2.93. The minimum atomic E-state index is 0.191. The van der Waals surface area contributed by atoms with Crippen molar-refractivity contribution in [3.05, 3.63) is 29.7 Å². The lowest BCUT2D eigenvalue weighted by atomic mass is 10.3. The molecule has 0 amide bonds. The molecular weight excluding hydrogens is 140 g/mol. The van der Waals surface area contributed by atoms with Crippen molar-refractivity contribution in [3.8, 4) is 0 Å². The number of aliphatic hydroxyl groups is 1. The van der Waals surface area contributed by atoms with E-state index in [1.807, 2.05) is 31.2 Å². The zero-order valence-corrected chi connectivity index (χ0v) is 6.58. The van der Waals surface area contributed by atoms with Gasteiger partial charge in [-0.15, -0.1) is 0 Å². The van der Waals surface area contributed by atoms with Gasteiger partial charge in [0, 0.05) is 6.61 Å². The van der Waals surface area contributed by atoms with E-state index in [0.717, 1.165) is 11.5 Å². The maximum absolute atomic E-state index is 8.47. The van der Waals surface area contributed by atoms with Gasteiger partial charge < -0.3 is 9.52 Å². The van der Waals surface area contributed by atoms with Gasteiger partial charge in [-0.25, -0.2) is 0 Å². The Bertz CT molecular complexity index is 235. The molecule has 0 fully saturated rings. The molecule has 1 heterocycles. The van der Waals surface area contributed by atoms with Crippen molar-refractivity contribution in [2.75, 3.05) is 6.61 Å². The molecule has 0 spiro atoms. The average molecular weight is 152 g/mol. The lowest BCUT2D eigenvalue weighted by Crippen LogP contribution is -1.74. The largest absolute Gasteiger partial charge is 0.462 e. The first-order valence-corrected chi connectivity index (χ1v) is 3.67. The van der Waals surface area contributed by atoms with E-state index in [1.165, 1.54) is 0 Å². The Labute approximate surface area is 66.2 Å². The number of rotatable bonds is 3. The molecule has 0 aliphatic heterocycles. The molecule has 2 heteroatoms. The second-order valence-electron chi connectivity index (χ2n) is 2.36. The summed E-state index contributed by atoms with van der Waals surface area (Å²) in [6.45, 7) is 2.10. The summed E-state index contributed by atoms with van der Waals surface area (Å²) in [6, 6.07) is 3.82. The van der Waals surface area contributed by atoms with Gasteiger partial charge in [-0.05, 0) is 31.6 Å². The van der Waals surface area contributed by atoms with Crippen molar-refractivity contribution < 1.29 is 9.52 Å². The maximum Gasteiger partial charge on any atom is 0.126 e. The van der Waals surface area contributed by atoms with E-state index in [4.69, 9.17) is 9.52 Å². The maximum atomic E-state index is 8.47. The minimum absolute atomic E-state index is 0.191. The summed E-state index contributed by atoms with van der Waals surface area (Å²) >= 11 is 0. The van der Waals surface area contributed by atoms with Crippen LogP contribution >= 0.6 is 0 Å². The van der Waals surface area contributed by atoms with Gasteiger partial charge in [-0.2, -0.15) is 0 Å². The Morgan fingerprint density at radius 3 is 2.91 bits per heavy atom. The summed E-state index contributed by atoms with van der Waals surface area (Å²) in [7, 11) is 0. The molecule has 1 aromatic rings. The fraction of sp³-hybridized carbons (Fsp3) is 0.333. The highest BCUT2D eigenvalue weighted by molar-refractivity contribution is 5.42. The third kappa shape index (κ3) is 2.60. The summed E-state index contributed by atoms with van der Waals surface area (Å²) in [5.74, 6) is 1.75. The van der Waals surface area contributed by atoms with E-state index in [-0.39, 0.29) is 6.61 Å². The number of furan rings is 1. The molecule has 0 bridgehead atoms. The molecule has 11 heavy (non-hydrogen) atoms. The highest BCUT2D eigenvalue weighted by Crippen LogP contribution is 2.07. The molecule has 0 aliphatic rings. The second kappa shape index (κ2) is 3.98.